The summed E-state index contributed by atoms with van der Waals surface area (Å²) in [5.74, 6) is 0.389. The number of carbonyl (C=O) groups excluding carboxylic acids is 1. The number of nitrogens with two attached hydrogens (primary N) is 1. The number of H-pyrrole nitrogens is 1. The third kappa shape index (κ3) is 3.55. The number of rotatable bonds is 7. The molecule has 0 saturated carbocycles. The van der Waals surface area contributed by atoms with E-state index in [1.807, 2.05) is 17.5 Å². The number of nitrogens with zero attached hydrogens (tertiary/aromatic N) is 1. The number of carbonyl (C=O) groups is 1. The van der Waals surface area contributed by atoms with Gasteiger partial charge < -0.3 is 10.7 Å². The van der Waals surface area contributed by atoms with E-state index in [4.69, 9.17) is 5.73 Å². The predicted molar refractivity (Wildman–Crippen MR) is 102 cm³/mol. The zero-order valence-corrected chi connectivity index (χ0v) is 15.6. The summed E-state index contributed by atoms with van der Waals surface area (Å²) in [6, 6.07) is 4.03. The molecule has 24 heavy (non-hydrogen) atoms. The van der Waals surface area contributed by atoms with Crippen molar-refractivity contribution in [1.29, 1.82) is 0 Å². The molecule has 3 aromatic heterocycles. The Morgan fingerprint density at radius 3 is 2.96 bits per heavy atom. The number of hydrogen-bond acceptors (Lipinski definition) is 6. The monoisotopic (exact) mass is 379 g/mol. The van der Waals surface area contributed by atoms with Crippen LogP contribution in [0, 0.1) is 0 Å². The SMILES string of the molecule is CCc1sc2nc(SCCCC(N)=O)[nH]c(=O)c2c1-c1cccs1. The molecule has 0 unspecified atom stereocenters. The lowest BCUT2D eigenvalue weighted by Gasteiger charge is -2.01. The van der Waals surface area contributed by atoms with Gasteiger partial charge in [0.2, 0.25) is 5.91 Å². The van der Waals surface area contributed by atoms with Gasteiger partial charge in [-0.3, -0.25) is 9.59 Å². The van der Waals surface area contributed by atoms with Gasteiger partial charge in [-0.2, -0.15) is 0 Å². The van der Waals surface area contributed by atoms with Crippen LogP contribution in [-0.2, 0) is 11.2 Å². The highest BCUT2D eigenvalue weighted by molar-refractivity contribution is 7.99. The number of aryl methyl sites for hydroxylation is 1. The second-order valence-corrected chi connectivity index (χ2v) is 8.32. The van der Waals surface area contributed by atoms with E-state index in [0.29, 0.717) is 29.1 Å². The highest BCUT2D eigenvalue weighted by Crippen LogP contribution is 2.39. The van der Waals surface area contributed by atoms with Gasteiger partial charge in [0.1, 0.15) is 4.83 Å². The second kappa shape index (κ2) is 7.50. The molecule has 5 nitrogen and oxygen atoms in total. The van der Waals surface area contributed by atoms with Crippen molar-refractivity contribution in [1.82, 2.24) is 9.97 Å². The minimum atomic E-state index is -0.307. The van der Waals surface area contributed by atoms with E-state index in [0.717, 1.165) is 21.7 Å². The molecule has 3 rings (SSSR count). The van der Waals surface area contributed by atoms with Gasteiger partial charge in [-0.1, -0.05) is 24.8 Å². The summed E-state index contributed by atoms with van der Waals surface area (Å²) in [5, 5.41) is 3.29. The van der Waals surface area contributed by atoms with Crippen molar-refractivity contribution in [2.75, 3.05) is 5.75 Å². The van der Waals surface area contributed by atoms with Gasteiger partial charge in [0.15, 0.2) is 5.16 Å². The summed E-state index contributed by atoms with van der Waals surface area (Å²) in [7, 11) is 0. The molecule has 3 aromatic rings. The summed E-state index contributed by atoms with van der Waals surface area (Å²) < 4.78 is 0. The first-order valence-electron chi connectivity index (χ1n) is 7.60. The fraction of sp³-hybridized carbons (Fsp3) is 0.312. The van der Waals surface area contributed by atoms with E-state index in [2.05, 4.69) is 16.9 Å². The third-order valence-electron chi connectivity index (χ3n) is 3.51. The number of thioether (sulfide) groups is 1. The fourth-order valence-corrected chi connectivity index (χ4v) is 5.30. The molecular weight excluding hydrogens is 362 g/mol. The Morgan fingerprint density at radius 2 is 2.29 bits per heavy atom. The number of fused-ring (bicyclic) bond motifs is 1. The van der Waals surface area contributed by atoms with E-state index < -0.39 is 0 Å². The summed E-state index contributed by atoms with van der Waals surface area (Å²) in [5.41, 5.74) is 6.05. The van der Waals surface area contributed by atoms with Crippen LogP contribution >= 0.6 is 34.4 Å². The second-order valence-electron chi connectivity index (χ2n) is 5.20. The average molecular weight is 380 g/mol. The molecule has 0 aromatic carbocycles. The molecule has 1 amide bonds. The van der Waals surface area contributed by atoms with Crippen molar-refractivity contribution in [2.45, 2.75) is 31.3 Å². The van der Waals surface area contributed by atoms with Gasteiger partial charge in [0, 0.05) is 27.5 Å². The van der Waals surface area contributed by atoms with Crippen LogP contribution in [0.15, 0.2) is 27.5 Å². The number of aromatic amines is 1. The quantitative estimate of drug-likeness (QED) is 0.373. The molecule has 126 valence electrons. The van der Waals surface area contributed by atoms with Crippen molar-refractivity contribution in [3.8, 4) is 10.4 Å². The Labute approximate surface area is 151 Å². The average Bonchev–Trinajstić information content (AvgIpc) is 3.17. The summed E-state index contributed by atoms with van der Waals surface area (Å²) in [4.78, 5) is 33.9. The Hall–Kier alpha value is -1.64. The van der Waals surface area contributed by atoms with Gasteiger partial charge in [-0.05, 0) is 24.3 Å². The minimum absolute atomic E-state index is 0.100. The van der Waals surface area contributed by atoms with Gasteiger partial charge in [0.05, 0.1) is 5.39 Å². The zero-order valence-electron chi connectivity index (χ0n) is 13.1. The fourth-order valence-electron chi connectivity index (χ4n) is 2.45. The van der Waals surface area contributed by atoms with Gasteiger partial charge in [0.25, 0.3) is 5.56 Å². The number of nitrogens with one attached hydrogen (secondary N) is 1. The number of hydrogen-bond donors (Lipinski definition) is 2. The first-order valence-corrected chi connectivity index (χ1v) is 10.3. The standard InChI is InChI=1S/C16H17N3O2S3/c1-2-9-12(10-5-3-7-22-10)13-14(21)18-16(19-15(13)24-9)23-8-4-6-11(17)20/h3,5,7H,2,4,6,8H2,1H3,(H2,17,20)(H,18,19,21). The third-order valence-corrected chi connectivity index (χ3v) is 6.58. The summed E-state index contributed by atoms with van der Waals surface area (Å²) in [6.07, 6.45) is 1.89. The maximum Gasteiger partial charge on any atom is 0.260 e. The molecule has 0 aliphatic heterocycles. The van der Waals surface area contributed by atoms with E-state index in [-0.39, 0.29) is 11.5 Å². The molecule has 0 aliphatic rings. The number of primary amides is 1. The maximum absolute atomic E-state index is 12.6. The molecule has 8 heteroatoms. The highest BCUT2D eigenvalue weighted by Gasteiger charge is 2.18. The Morgan fingerprint density at radius 1 is 1.46 bits per heavy atom. The van der Waals surface area contributed by atoms with Crippen molar-refractivity contribution < 1.29 is 4.79 Å². The van der Waals surface area contributed by atoms with Crippen LogP contribution in [0.2, 0.25) is 0 Å². The van der Waals surface area contributed by atoms with Crippen LogP contribution in [0.4, 0.5) is 0 Å². The van der Waals surface area contributed by atoms with Crippen LogP contribution < -0.4 is 11.3 Å². The molecule has 0 atom stereocenters. The molecule has 0 saturated heterocycles. The molecule has 3 N–H and O–H groups in total. The lowest BCUT2D eigenvalue weighted by atomic mass is 10.1. The molecule has 3 heterocycles. The van der Waals surface area contributed by atoms with Crippen LogP contribution in [0.1, 0.15) is 24.6 Å². The normalized spacial score (nSPS) is 11.2. The largest absolute Gasteiger partial charge is 0.370 e. The predicted octanol–water partition coefficient (Wildman–Crippen LogP) is 3.63. The lowest BCUT2D eigenvalue weighted by Crippen LogP contribution is -2.11. The molecule has 0 radical (unpaired) electrons. The Bertz CT molecular complexity index is 913. The van der Waals surface area contributed by atoms with E-state index in [1.165, 1.54) is 16.6 Å². The zero-order chi connectivity index (χ0) is 17.1. The first kappa shape index (κ1) is 17.2. The summed E-state index contributed by atoms with van der Waals surface area (Å²) >= 11 is 4.66. The lowest BCUT2D eigenvalue weighted by molar-refractivity contribution is -0.118. The number of aromatic nitrogens is 2. The van der Waals surface area contributed by atoms with Crippen LogP contribution in [0.25, 0.3) is 20.7 Å². The topological polar surface area (TPSA) is 88.8 Å². The van der Waals surface area contributed by atoms with E-state index in [1.54, 1.807) is 22.7 Å². The molecular formula is C16H17N3O2S3. The van der Waals surface area contributed by atoms with E-state index in [9.17, 15) is 9.59 Å². The number of thiophene rings is 2. The molecule has 0 bridgehead atoms. The van der Waals surface area contributed by atoms with Gasteiger partial charge in [-0.25, -0.2) is 4.98 Å². The minimum Gasteiger partial charge on any atom is -0.370 e. The highest BCUT2D eigenvalue weighted by atomic mass is 32.2. The Balaban J connectivity index is 1.95. The van der Waals surface area contributed by atoms with E-state index >= 15 is 0 Å². The van der Waals surface area contributed by atoms with Crippen molar-refractivity contribution in [3.05, 3.63) is 32.7 Å². The van der Waals surface area contributed by atoms with Crippen molar-refractivity contribution in [2.24, 2.45) is 5.73 Å². The van der Waals surface area contributed by atoms with Crippen molar-refractivity contribution in [3.63, 3.8) is 0 Å². The Kier molecular flexibility index (Phi) is 5.37. The number of amides is 1. The maximum atomic E-state index is 12.6. The molecule has 0 spiro atoms. The first-order chi connectivity index (χ1) is 11.6. The van der Waals surface area contributed by atoms with Crippen LogP contribution in [0.5, 0.6) is 0 Å². The molecule has 0 fully saturated rings. The summed E-state index contributed by atoms with van der Waals surface area (Å²) in [6.45, 7) is 2.09. The van der Waals surface area contributed by atoms with Crippen LogP contribution in [0.3, 0.4) is 0 Å². The van der Waals surface area contributed by atoms with Gasteiger partial charge >= 0.3 is 0 Å². The van der Waals surface area contributed by atoms with Crippen LogP contribution in [-0.4, -0.2) is 21.6 Å². The van der Waals surface area contributed by atoms with Crippen molar-refractivity contribution >= 4 is 50.6 Å². The van der Waals surface area contributed by atoms with Gasteiger partial charge in [-0.15, -0.1) is 22.7 Å². The molecule has 0 aliphatic carbocycles. The smallest absolute Gasteiger partial charge is 0.260 e.